The Hall–Kier alpha value is -2.55. The first-order chi connectivity index (χ1) is 8.19. The van der Waals surface area contributed by atoms with E-state index < -0.39 is 11.6 Å². The minimum absolute atomic E-state index is 0.0883. The fraction of sp³-hybridized carbons (Fsp3) is 0. The normalized spacial score (nSPS) is 9.71. The molecule has 0 fully saturated rings. The number of rotatable bonds is 2. The van der Waals surface area contributed by atoms with Crippen LogP contribution in [0.5, 0.6) is 0 Å². The van der Waals surface area contributed by atoms with Gasteiger partial charge in [0.1, 0.15) is 17.7 Å². The van der Waals surface area contributed by atoms with Gasteiger partial charge < -0.3 is 5.32 Å². The van der Waals surface area contributed by atoms with Crippen LogP contribution < -0.4 is 5.32 Å². The Morgan fingerprint density at radius 1 is 1.12 bits per heavy atom. The third-order valence-electron chi connectivity index (χ3n) is 1.97. The van der Waals surface area contributed by atoms with E-state index in [0.29, 0.717) is 0 Å². The molecule has 17 heavy (non-hydrogen) atoms. The minimum atomic E-state index is -0.726. The summed E-state index contributed by atoms with van der Waals surface area (Å²) in [5.74, 6) is -1.11. The van der Waals surface area contributed by atoms with Gasteiger partial charge in [-0.05, 0) is 24.3 Å². The number of hydrogen-bond acceptors (Lipinski definition) is 4. The molecule has 1 aromatic heterocycles. The van der Waals surface area contributed by atoms with Gasteiger partial charge in [-0.15, -0.1) is 10.2 Å². The molecule has 0 atom stereocenters. The average Bonchev–Trinajstić information content (AvgIpc) is 2.34. The van der Waals surface area contributed by atoms with E-state index in [1.807, 2.05) is 6.07 Å². The number of hydrogen-bond donors (Lipinski definition) is 1. The zero-order chi connectivity index (χ0) is 12.3. The maximum absolute atomic E-state index is 13.3. The summed E-state index contributed by atoms with van der Waals surface area (Å²) in [4.78, 5) is 0. The van der Waals surface area contributed by atoms with E-state index in [1.165, 1.54) is 18.2 Å². The van der Waals surface area contributed by atoms with Gasteiger partial charge in [0.15, 0.2) is 11.5 Å². The predicted molar refractivity (Wildman–Crippen MR) is 56.4 cm³/mol. The van der Waals surface area contributed by atoms with Crippen molar-refractivity contribution in [3.8, 4) is 6.07 Å². The lowest BCUT2D eigenvalue weighted by Crippen LogP contribution is -1.98. The summed E-state index contributed by atoms with van der Waals surface area (Å²) < 4.78 is 25.9. The van der Waals surface area contributed by atoms with Crippen molar-refractivity contribution in [3.05, 3.63) is 47.7 Å². The van der Waals surface area contributed by atoms with Crippen LogP contribution in [0.15, 0.2) is 30.3 Å². The number of halogens is 2. The highest BCUT2D eigenvalue weighted by atomic mass is 19.1. The van der Waals surface area contributed by atoms with E-state index in [2.05, 4.69) is 15.5 Å². The van der Waals surface area contributed by atoms with Crippen molar-refractivity contribution in [2.24, 2.45) is 0 Å². The second kappa shape index (κ2) is 4.53. The largest absolute Gasteiger partial charge is 0.336 e. The van der Waals surface area contributed by atoms with Gasteiger partial charge in [0.25, 0.3) is 0 Å². The van der Waals surface area contributed by atoms with Crippen molar-refractivity contribution in [1.82, 2.24) is 10.2 Å². The molecule has 0 saturated heterocycles. The molecular formula is C11H6F2N4. The Morgan fingerprint density at radius 2 is 1.94 bits per heavy atom. The van der Waals surface area contributed by atoms with Gasteiger partial charge in [-0.3, -0.25) is 0 Å². The number of anilines is 2. The maximum atomic E-state index is 13.3. The average molecular weight is 232 g/mol. The van der Waals surface area contributed by atoms with Crippen LogP contribution in [-0.2, 0) is 0 Å². The van der Waals surface area contributed by atoms with Crippen LogP contribution in [0.2, 0.25) is 0 Å². The SMILES string of the molecule is N#Cc1ccc(Nc2ccc(F)cc2F)nn1. The zero-order valence-corrected chi connectivity index (χ0v) is 8.48. The first kappa shape index (κ1) is 11.0. The lowest BCUT2D eigenvalue weighted by Gasteiger charge is -2.05. The van der Waals surface area contributed by atoms with E-state index in [1.54, 1.807) is 0 Å². The molecule has 0 aliphatic heterocycles. The van der Waals surface area contributed by atoms with Crippen molar-refractivity contribution in [2.75, 3.05) is 5.32 Å². The van der Waals surface area contributed by atoms with E-state index >= 15 is 0 Å². The van der Waals surface area contributed by atoms with E-state index in [-0.39, 0.29) is 17.2 Å². The topological polar surface area (TPSA) is 61.6 Å². The van der Waals surface area contributed by atoms with Crippen LogP contribution in [0.25, 0.3) is 0 Å². The zero-order valence-electron chi connectivity index (χ0n) is 8.48. The van der Waals surface area contributed by atoms with Crippen molar-refractivity contribution in [1.29, 1.82) is 5.26 Å². The molecular weight excluding hydrogens is 226 g/mol. The first-order valence-electron chi connectivity index (χ1n) is 4.65. The number of nitrogens with zero attached hydrogens (tertiary/aromatic N) is 3. The second-order valence-electron chi connectivity index (χ2n) is 3.16. The monoisotopic (exact) mass is 232 g/mol. The van der Waals surface area contributed by atoms with Crippen molar-refractivity contribution < 1.29 is 8.78 Å². The Bertz CT molecular complexity index is 575. The molecule has 1 heterocycles. The van der Waals surface area contributed by atoms with Gasteiger partial charge in [-0.2, -0.15) is 5.26 Å². The highest BCUT2D eigenvalue weighted by Gasteiger charge is 2.04. The first-order valence-corrected chi connectivity index (χ1v) is 4.65. The van der Waals surface area contributed by atoms with Gasteiger partial charge in [0, 0.05) is 6.07 Å². The highest BCUT2D eigenvalue weighted by molar-refractivity contribution is 5.56. The number of nitriles is 1. The Balaban J connectivity index is 2.23. The third-order valence-corrected chi connectivity index (χ3v) is 1.97. The molecule has 2 rings (SSSR count). The van der Waals surface area contributed by atoms with Crippen molar-refractivity contribution in [2.45, 2.75) is 0 Å². The molecule has 0 saturated carbocycles. The predicted octanol–water partition coefficient (Wildman–Crippen LogP) is 2.37. The third kappa shape index (κ3) is 2.52. The number of benzene rings is 1. The Morgan fingerprint density at radius 3 is 2.53 bits per heavy atom. The van der Waals surface area contributed by atoms with E-state index in [0.717, 1.165) is 12.1 Å². The Kier molecular flexibility index (Phi) is 2.92. The summed E-state index contributed by atoms with van der Waals surface area (Å²) in [7, 11) is 0. The maximum Gasteiger partial charge on any atom is 0.163 e. The second-order valence-corrected chi connectivity index (χ2v) is 3.16. The van der Waals surface area contributed by atoms with Crippen LogP contribution in [0.3, 0.4) is 0 Å². The van der Waals surface area contributed by atoms with Crippen LogP contribution in [0.1, 0.15) is 5.69 Å². The van der Waals surface area contributed by atoms with Gasteiger partial charge in [-0.25, -0.2) is 8.78 Å². The lowest BCUT2D eigenvalue weighted by atomic mass is 10.3. The van der Waals surface area contributed by atoms with Gasteiger partial charge >= 0.3 is 0 Å². The molecule has 4 nitrogen and oxygen atoms in total. The molecule has 0 spiro atoms. The summed E-state index contributed by atoms with van der Waals surface area (Å²) >= 11 is 0. The van der Waals surface area contributed by atoms with Gasteiger partial charge in [0.2, 0.25) is 0 Å². The smallest absolute Gasteiger partial charge is 0.163 e. The molecule has 2 aromatic rings. The minimum Gasteiger partial charge on any atom is -0.336 e. The van der Waals surface area contributed by atoms with Gasteiger partial charge in [0.05, 0.1) is 5.69 Å². The van der Waals surface area contributed by atoms with Crippen LogP contribution in [-0.4, -0.2) is 10.2 Å². The Labute approximate surface area is 95.5 Å². The molecule has 0 radical (unpaired) electrons. The summed E-state index contributed by atoms with van der Waals surface area (Å²) in [6.07, 6.45) is 0. The van der Waals surface area contributed by atoms with E-state index in [4.69, 9.17) is 5.26 Å². The molecule has 0 amide bonds. The molecule has 0 aliphatic carbocycles. The lowest BCUT2D eigenvalue weighted by molar-refractivity contribution is 0.586. The number of aromatic nitrogens is 2. The van der Waals surface area contributed by atoms with E-state index in [9.17, 15) is 8.78 Å². The molecule has 0 unspecified atom stereocenters. The summed E-state index contributed by atoms with van der Waals surface area (Å²) in [6, 6.07) is 7.88. The molecule has 84 valence electrons. The van der Waals surface area contributed by atoms with Crippen molar-refractivity contribution in [3.63, 3.8) is 0 Å². The quantitative estimate of drug-likeness (QED) is 0.863. The van der Waals surface area contributed by atoms with Crippen LogP contribution in [0, 0.1) is 23.0 Å². The summed E-state index contributed by atoms with van der Waals surface area (Å²) in [5.41, 5.74) is 0.250. The molecule has 0 bridgehead atoms. The summed E-state index contributed by atoms with van der Waals surface area (Å²) in [5, 5.41) is 18.4. The van der Waals surface area contributed by atoms with Crippen LogP contribution in [0.4, 0.5) is 20.3 Å². The molecule has 0 aliphatic rings. The van der Waals surface area contributed by atoms with Crippen LogP contribution >= 0.6 is 0 Å². The van der Waals surface area contributed by atoms with Crippen molar-refractivity contribution >= 4 is 11.5 Å². The fourth-order valence-electron chi connectivity index (χ4n) is 1.19. The molecule has 1 aromatic carbocycles. The number of nitrogens with one attached hydrogen (secondary N) is 1. The highest BCUT2D eigenvalue weighted by Crippen LogP contribution is 2.18. The van der Waals surface area contributed by atoms with Gasteiger partial charge in [-0.1, -0.05) is 0 Å². The summed E-state index contributed by atoms with van der Waals surface area (Å²) in [6.45, 7) is 0. The molecule has 6 heteroatoms. The fourth-order valence-corrected chi connectivity index (χ4v) is 1.19. The standard InChI is InChI=1S/C11H6F2N4/c12-7-1-3-10(9(13)5-7)15-11-4-2-8(6-14)16-17-11/h1-5H,(H,15,17). The molecule has 1 N–H and O–H groups in total.